The van der Waals surface area contributed by atoms with E-state index >= 15 is 0 Å². The standard InChI is InChI=1S/C29H38N2O6/c1-4-5-6-7-8-17-36-26-13-12-24(23-10-14-28(33)31-29(23)26)37-20-22(32)19-30-16-15-21-9-11-25(34-2)27(18-21)35-3/h9,11-13,18,22,30,32H,4-6,10,14-17,19-20H2,1-3H3,(H,31,33). The van der Waals surface area contributed by atoms with Crippen LogP contribution >= 0.6 is 0 Å². The molecule has 1 aliphatic heterocycles. The van der Waals surface area contributed by atoms with Gasteiger partial charge in [-0.3, -0.25) is 4.79 Å². The first-order valence-electron chi connectivity index (χ1n) is 12.8. The highest BCUT2D eigenvalue weighted by molar-refractivity contribution is 5.96. The van der Waals surface area contributed by atoms with Crippen molar-refractivity contribution in [3.63, 3.8) is 0 Å². The smallest absolute Gasteiger partial charge is 0.224 e. The van der Waals surface area contributed by atoms with Gasteiger partial charge in [-0.1, -0.05) is 31.3 Å². The van der Waals surface area contributed by atoms with Gasteiger partial charge in [0.1, 0.15) is 30.8 Å². The Labute approximate surface area is 219 Å². The van der Waals surface area contributed by atoms with Gasteiger partial charge >= 0.3 is 0 Å². The highest BCUT2D eigenvalue weighted by Gasteiger charge is 2.23. The van der Waals surface area contributed by atoms with Crippen LogP contribution in [0.15, 0.2) is 30.3 Å². The van der Waals surface area contributed by atoms with Crippen molar-refractivity contribution < 1.29 is 28.8 Å². The molecule has 0 radical (unpaired) electrons. The topological polar surface area (TPSA) is 98.3 Å². The number of hydrogen-bond donors (Lipinski definition) is 3. The van der Waals surface area contributed by atoms with Crippen LogP contribution in [-0.4, -0.2) is 57.6 Å². The molecule has 8 nitrogen and oxygen atoms in total. The summed E-state index contributed by atoms with van der Waals surface area (Å²) < 4.78 is 22.4. The minimum Gasteiger partial charge on any atom is -0.493 e. The van der Waals surface area contributed by atoms with E-state index in [1.54, 1.807) is 20.3 Å². The van der Waals surface area contributed by atoms with E-state index in [-0.39, 0.29) is 19.1 Å². The number of nitrogens with one attached hydrogen (secondary N) is 2. The van der Waals surface area contributed by atoms with Crippen molar-refractivity contribution in [2.45, 2.75) is 51.6 Å². The third-order valence-electron chi connectivity index (χ3n) is 6.03. The number of aliphatic hydroxyl groups is 1. The molecule has 2 aromatic rings. The number of rotatable bonds is 14. The Bertz CT molecular complexity index is 1090. The Kier molecular flexibility index (Phi) is 11.4. The lowest BCUT2D eigenvalue weighted by Gasteiger charge is -2.23. The van der Waals surface area contributed by atoms with Crippen LogP contribution < -0.4 is 29.6 Å². The maximum Gasteiger partial charge on any atom is 0.224 e. The van der Waals surface area contributed by atoms with Crippen molar-refractivity contribution in [2.75, 3.05) is 45.8 Å². The summed E-state index contributed by atoms with van der Waals surface area (Å²) >= 11 is 0. The van der Waals surface area contributed by atoms with Crippen LogP contribution in [-0.2, 0) is 17.6 Å². The molecular formula is C29H38N2O6. The van der Waals surface area contributed by atoms with Crippen LogP contribution in [0.2, 0.25) is 0 Å². The van der Waals surface area contributed by atoms with Crippen LogP contribution in [0.4, 0.5) is 5.69 Å². The molecule has 0 aromatic heterocycles. The summed E-state index contributed by atoms with van der Waals surface area (Å²) in [5.74, 6) is 8.68. The molecule has 0 spiro atoms. The third kappa shape index (κ3) is 8.59. The Hall–Kier alpha value is -3.41. The third-order valence-corrected chi connectivity index (χ3v) is 6.03. The van der Waals surface area contributed by atoms with Crippen LogP contribution in [0.3, 0.4) is 0 Å². The lowest BCUT2D eigenvalue weighted by molar-refractivity contribution is -0.116. The Morgan fingerprint density at radius 1 is 1.03 bits per heavy atom. The monoisotopic (exact) mass is 510 g/mol. The van der Waals surface area contributed by atoms with Crippen LogP contribution in [0.5, 0.6) is 23.0 Å². The van der Waals surface area contributed by atoms with Gasteiger partial charge in [-0.2, -0.15) is 0 Å². The van der Waals surface area contributed by atoms with E-state index in [2.05, 4.69) is 29.4 Å². The summed E-state index contributed by atoms with van der Waals surface area (Å²) in [5.41, 5.74) is 2.62. The molecule has 0 saturated heterocycles. The largest absolute Gasteiger partial charge is 0.493 e. The summed E-state index contributed by atoms with van der Waals surface area (Å²) in [7, 11) is 3.23. The fourth-order valence-corrected chi connectivity index (χ4v) is 3.99. The van der Waals surface area contributed by atoms with E-state index < -0.39 is 6.10 Å². The van der Waals surface area contributed by atoms with Gasteiger partial charge in [0.15, 0.2) is 11.5 Å². The van der Waals surface area contributed by atoms with Crippen LogP contribution in [0, 0.1) is 11.8 Å². The maximum absolute atomic E-state index is 12.0. The number of carbonyl (C=O) groups is 1. The maximum atomic E-state index is 12.0. The quantitative estimate of drug-likeness (QED) is 0.263. The summed E-state index contributed by atoms with van der Waals surface area (Å²) in [4.78, 5) is 12.0. The number of fused-ring (bicyclic) bond motifs is 1. The Morgan fingerprint density at radius 3 is 2.59 bits per heavy atom. The second-order valence-electron chi connectivity index (χ2n) is 8.82. The lowest BCUT2D eigenvalue weighted by Crippen LogP contribution is -2.32. The molecule has 1 amide bonds. The number of unbranched alkanes of at least 4 members (excludes halogenated alkanes) is 2. The first-order valence-corrected chi connectivity index (χ1v) is 12.8. The molecule has 2 aromatic carbocycles. The highest BCUT2D eigenvalue weighted by Crippen LogP contribution is 2.39. The number of carbonyl (C=O) groups excluding carboxylic acids is 1. The van der Waals surface area contributed by atoms with Gasteiger partial charge in [-0.15, -0.1) is 0 Å². The van der Waals surface area contributed by atoms with Crippen molar-refractivity contribution in [3.8, 4) is 34.8 Å². The average Bonchev–Trinajstić information content (AvgIpc) is 2.92. The average molecular weight is 511 g/mol. The van der Waals surface area contributed by atoms with E-state index in [0.29, 0.717) is 54.6 Å². The molecule has 0 fully saturated rings. The van der Waals surface area contributed by atoms with Gasteiger partial charge in [-0.25, -0.2) is 0 Å². The molecule has 3 rings (SSSR count). The number of methoxy groups -OCH3 is 2. The number of anilines is 1. The molecule has 0 bridgehead atoms. The summed E-state index contributed by atoms with van der Waals surface area (Å²) in [6, 6.07) is 9.44. The molecule has 0 saturated carbocycles. The Balaban J connectivity index is 1.49. The van der Waals surface area contributed by atoms with E-state index in [4.69, 9.17) is 18.9 Å². The molecule has 3 N–H and O–H groups in total. The van der Waals surface area contributed by atoms with Crippen molar-refractivity contribution in [3.05, 3.63) is 41.5 Å². The molecule has 1 atom stereocenters. The van der Waals surface area contributed by atoms with E-state index in [1.165, 1.54) is 0 Å². The first-order chi connectivity index (χ1) is 18.0. The van der Waals surface area contributed by atoms with Crippen molar-refractivity contribution in [2.24, 2.45) is 0 Å². The van der Waals surface area contributed by atoms with Crippen molar-refractivity contribution in [1.29, 1.82) is 0 Å². The van der Waals surface area contributed by atoms with E-state index in [1.807, 2.05) is 24.3 Å². The number of ether oxygens (including phenoxy) is 4. The fraction of sp³-hybridized carbons (Fsp3) is 0.483. The van der Waals surface area contributed by atoms with E-state index in [0.717, 1.165) is 36.8 Å². The molecule has 8 heteroatoms. The normalized spacial score (nSPS) is 13.0. The molecule has 1 aliphatic rings. The molecule has 0 aliphatic carbocycles. The Morgan fingerprint density at radius 2 is 1.81 bits per heavy atom. The zero-order chi connectivity index (χ0) is 26.5. The number of hydrogen-bond acceptors (Lipinski definition) is 7. The second-order valence-corrected chi connectivity index (χ2v) is 8.82. The number of aliphatic hydroxyl groups excluding tert-OH is 1. The summed E-state index contributed by atoms with van der Waals surface area (Å²) in [5, 5.41) is 16.6. The minimum atomic E-state index is -0.687. The van der Waals surface area contributed by atoms with Crippen molar-refractivity contribution >= 4 is 11.6 Å². The van der Waals surface area contributed by atoms with E-state index in [9.17, 15) is 9.90 Å². The van der Waals surface area contributed by atoms with Gasteiger partial charge in [0.25, 0.3) is 0 Å². The minimum absolute atomic E-state index is 0.0535. The molecule has 1 heterocycles. The zero-order valence-corrected chi connectivity index (χ0v) is 22.0. The molecule has 1 unspecified atom stereocenters. The zero-order valence-electron chi connectivity index (χ0n) is 22.0. The number of amides is 1. The van der Waals surface area contributed by atoms with Gasteiger partial charge in [0, 0.05) is 24.9 Å². The first kappa shape index (κ1) is 28.2. The fourth-order valence-electron chi connectivity index (χ4n) is 3.99. The van der Waals surface area contributed by atoms with Crippen molar-refractivity contribution in [1.82, 2.24) is 5.32 Å². The lowest BCUT2D eigenvalue weighted by atomic mass is 10.0. The van der Waals surface area contributed by atoms with Gasteiger partial charge in [-0.05, 0) is 55.6 Å². The summed E-state index contributed by atoms with van der Waals surface area (Å²) in [6.07, 6.45) is 4.07. The van der Waals surface area contributed by atoms with Crippen LogP contribution in [0.25, 0.3) is 0 Å². The second kappa shape index (κ2) is 15.0. The predicted molar refractivity (Wildman–Crippen MR) is 144 cm³/mol. The number of benzene rings is 2. The van der Waals surface area contributed by atoms with Gasteiger partial charge < -0.3 is 34.7 Å². The highest BCUT2D eigenvalue weighted by atomic mass is 16.5. The molecule has 200 valence electrons. The molecular weight excluding hydrogens is 472 g/mol. The van der Waals surface area contributed by atoms with Crippen LogP contribution in [0.1, 0.15) is 43.7 Å². The van der Waals surface area contributed by atoms with Gasteiger partial charge in [0.2, 0.25) is 5.91 Å². The van der Waals surface area contributed by atoms with Gasteiger partial charge in [0.05, 0.1) is 19.9 Å². The summed E-state index contributed by atoms with van der Waals surface area (Å²) in [6.45, 7) is 3.62. The molecule has 37 heavy (non-hydrogen) atoms. The SMILES string of the molecule is CCCCC#CCOc1ccc(OCC(O)CNCCc2ccc(OC)c(OC)c2)c2c1NC(=O)CC2. The predicted octanol–water partition coefficient (Wildman–Crippen LogP) is 3.73.